The van der Waals surface area contributed by atoms with Gasteiger partial charge < -0.3 is 4.98 Å². The standard InChI is InChI=1S/C12H6Br2N2OS/c13-10-3-6(12(14)18-10)11(17)8-5-16-9-1-2-15-4-7(8)9/h1-5,16H. The monoisotopic (exact) mass is 384 g/mol. The number of fused-ring (bicyclic) bond motifs is 1. The van der Waals surface area contributed by atoms with Gasteiger partial charge in [-0.05, 0) is 44.0 Å². The van der Waals surface area contributed by atoms with Gasteiger partial charge in [-0.3, -0.25) is 9.78 Å². The van der Waals surface area contributed by atoms with Crippen LogP contribution in [0.25, 0.3) is 10.9 Å². The Hall–Kier alpha value is -0.980. The third-order valence-corrected chi connectivity index (χ3v) is 4.97. The van der Waals surface area contributed by atoms with Crippen LogP contribution in [0.4, 0.5) is 0 Å². The number of hydrogen-bond donors (Lipinski definition) is 1. The normalized spacial score (nSPS) is 11.0. The van der Waals surface area contributed by atoms with Crippen molar-refractivity contribution in [3.8, 4) is 0 Å². The molecule has 0 unspecified atom stereocenters. The zero-order chi connectivity index (χ0) is 12.7. The largest absolute Gasteiger partial charge is 0.360 e. The van der Waals surface area contributed by atoms with Crippen molar-refractivity contribution in [3.05, 3.63) is 49.4 Å². The Kier molecular flexibility index (Phi) is 3.09. The lowest BCUT2D eigenvalue weighted by Gasteiger charge is -1.97. The van der Waals surface area contributed by atoms with Gasteiger partial charge in [-0.2, -0.15) is 0 Å². The second-order valence-electron chi connectivity index (χ2n) is 3.69. The molecule has 1 N–H and O–H groups in total. The minimum Gasteiger partial charge on any atom is -0.360 e. The lowest BCUT2D eigenvalue weighted by Crippen LogP contribution is -1.99. The predicted octanol–water partition coefficient (Wildman–Crippen LogP) is 4.38. The predicted molar refractivity (Wildman–Crippen MR) is 79.2 cm³/mol. The fourth-order valence-electron chi connectivity index (χ4n) is 1.79. The average molecular weight is 386 g/mol. The maximum absolute atomic E-state index is 12.5. The van der Waals surface area contributed by atoms with Crippen LogP contribution in [-0.4, -0.2) is 15.8 Å². The fourth-order valence-corrected chi connectivity index (χ4v) is 4.58. The summed E-state index contributed by atoms with van der Waals surface area (Å²) < 4.78 is 1.76. The second-order valence-corrected chi connectivity index (χ2v) is 7.44. The van der Waals surface area contributed by atoms with E-state index < -0.39 is 0 Å². The van der Waals surface area contributed by atoms with Crippen molar-refractivity contribution in [3.63, 3.8) is 0 Å². The molecule has 0 amide bonds. The molecule has 0 aliphatic rings. The first-order chi connectivity index (χ1) is 8.66. The number of rotatable bonds is 2. The lowest BCUT2D eigenvalue weighted by molar-refractivity contribution is 0.104. The van der Waals surface area contributed by atoms with Gasteiger partial charge in [-0.15, -0.1) is 11.3 Å². The van der Waals surface area contributed by atoms with Gasteiger partial charge in [0, 0.05) is 40.6 Å². The van der Waals surface area contributed by atoms with E-state index in [0.29, 0.717) is 11.1 Å². The van der Waals surface area contributed by atoms with E-state index in [0.717, 1.165) is 18.5 Å². The molecule has 0 aliphatic heterocycles. The van der Waals surface area contributed by atoms with Crippen LogP contribution in [0.2, 0.25) is 0 Å². The molecule has 3 rings (SSSR count). The zero-order valence-electron chi connectivity index (χ0n) is 8.91. The molecule has 0 saturated carbocycles. The minimum atomic E-state index is -0.0110. The molecule has 3 aromatic heterocycles. The van der Waals surface area contributed by atoms with Crippen molar-refractivity contribution in [1.29, 1.82) is 0 Å². The number of nitrogens with one attached hydrogen (secondary N) is 1. The zero-order valence-corrected chi connectivity index (χ0v) is 12.9. The summed E-state index contributed by atoms with van der Waals surface area (Å²) in [5.74, 6) is -0.0110. The SMILES string of the molecule is O=C(c1cc(Br)sc1Br)c1c[nH]c2ccncc12. The number of carbonyl (C=O) groups excluding carboxylic acids is 1. The summed E-state index contributed by atoms with van der Waals surface area (Å²) >= 11 is 8.28. The van der Waals surface area contributed by atoms with Gasteiger partial charge in [0.25, 0.3) is 0 Å². The molecule has 90 valence electrons. The average Bonchev–Trinajstić information content (AvgIpc) is 2.92. The molecule has 0 atom stereocenters. The topological polar surface area (TPSA) is 45.8 Å². The van der Waals surface area contributed by atoms with E-state index in [1.807, 2.05) is 12.1 Å². The second kappa shape index (κ2) is 4.60. The number of hydrogen-bond acceptors (Lipinski definition) is 3. The van der Waals surface area contributed by atoms with Crippen LogP contribution in [-0.2, 0) is 0 Å². The number of H-pyrrole nitrogens is 1. The Morgan fingerprint density at radius 3 is 2.89 bits per heavy atom. The summed E-state index contributed by atoms with van der Waals surface area (Å²) in [5, 5.41) is 0.844. The van der Waals surface area contributed by atoms with Crippen molar-refractivity contribution in [1.82, 2.24) is 9.97 Å². The van der Waals surface area contributed by atoms with Gasteiger partial charge in [0.1, 0.15) is 0 Å². The van der Waals surface area contributed by atoms with Gasteiger partial charge in [-0.1, -0.05) is 0 Å². The summed E-state index contributed by atoms with van der Waals surface area (Å²) in [6.07, 6.45) is 5.13. The number of aromatic nitrogens is 2. The van der Waals surface area contributed by atoms with Gasteiger partial charge in [-0.25, -0.2) is 0 Å². The molecule has 3 aromatic rings. The Bertz CT molecular complexity index is 747. The molecule has 0 aliphatic carbocycles. The Labute approximate surface area is 124 Å². The molecular weight excluding hydrogens is 380 g/mol. The van der Waals surface area contributed by atoms with Crippen molar-refractivity contribution in [2.24, 2.45) is 0 Å². The van der Waals surface area contributed by atoms with Gasteiger partial charge in [0.15, 0.2) is 5.78 Å². The molecule has 3 heterocycles. The van der Waals surface area contributed by atoms with Crippen LogP contribution in [0.15, 0.2) is 38.3 Å². The fraction of sp³-hybridized carbons (Fsp3) is 0. The lowest BCUT2D eigenvalue weighted by atomic mass is 10.1. The van der Waals surface area contributed by atoms with E-state index in [2.05, 4.69) is 41.8 Å². The van der Waals surface area contributed by atoms with Gasteiger partial charge in [0.05, 0.1) is 7.57 Å². The molecule has 0 saturated heterocycles. The number of pyridine rings is 1. The molecule has 0 aromatic carbocycles. The summed E-state index contributed by atoms with van der Waals surface area (Å²) in [5.41, 5.74) is 2.22. The Morgan fingerprint density at radius 2 is 2.17 bits per heavy atom. The molecule has 6 heteroatoms. The van der Waals surface area contributed by atoms with Crippen LogP contribution >= 0.6 is 43.2 Å². The summed E-state index contributed by atoms with van der Waals surface area (Å²) in [6.45, 7) is 0. The molecule has 0 bridgehead atoms. The van der Waals surface area contributed by atoms with E-state index in [1.165, 1.54) is 11.3 Å². The van der Waals surface area contributed by atoms with E-state index >= 15 is 0 Å². The highest BCUT2D eigenvalue weighted by Crippen LogP contribution is 2.34. The summed E-state index contributed by atoms with van der Waals surface area (Å²) in [4.78, 5) is 19.6. The first kappa shape index (κ1) is 12.1. The first-order valence-electron chi connectivity index (χ1n) is 5.07. The van der Waals surface area contributed by atoms with Crippen molar-refractivity contribution >= 4 is 59.9 Å². The highest BCUT2D eigenvalue weighted by molar-refractivity contribution is 9.12. The molecule has 0 spiro atoms. The number of halogens is 2. The number of nitrogens with zero attached hydrogens (tertiary/aromatic N) is 1. The van der Waals surface area contributed by atoms with Crippen molar-refractivity contribution in [2.45, 2.75) is 0 Å². The van der Waals surface area contributed by atoms with Crippen LogP contribution in [0.1, 0.15) is 15.9 Å². The summed E-state index contributed by atoms with van der Waals surface area (Å²) in [6, 6.07) is 3.68. The quantitative estimate of drug-likeness (QED) is 0.665. The number of ketones is 1. The molecule has 0 radical (unpaired) electrons. The van der Waals surface area contributed by atoms with E-state index in [-0.39, 0.29) is 5.78 Å². The number of thiophene rings is 1. The molecule has 3 nitrogen and oxygen atoms in total. The van der Waals surface area contributed by atoms with Crippen LogP contribution in [0.5, 0.6) is 0 Å². The van der Waals surface area contributed by atoms with Gasteiger partial charge in [0.2, 0.25) is 0 Å². The Balaban J connectivity index is 2.15. The highest BCUT2D eigenvalue weighted by Gasteiger charge is 2.18. The smallest absolute Gasteiger partial charge is 0.197 e. The van der Waals surface area contributed by atoms with E-state index in [4.69, 9.17) is 0 Å². The molecule has 0 fully saturated rings. The van der Waals surface area contributed by atoms with Crippen molar-refractivity contribution in [2.75, 3.05) is 0 Å². The maximum atomic E-state index is 12.5. The van der Waals surface area contributed by atoms with Crippen LogP contribution in [0.3, 0.4) is 0 Å². The van der Waals surface area contributed by atoms with E-state index in [1.54, 1.807) is 18.6 Å². The maximum Gasteiger partial charge on any atom is 0.197 e. The third-order valence-electron chi connectivity index (χ3n) is 2.63. The highest BCUT2D eigenvalue weighted by atomic mass is 79.9. The third kappa shape index (κ3) is 1.94. The van der Waals surface area contributed by atoms with Gasteiger partial charge >= 0.3 is 0 Å². The first-order valence-corrected chi connectivity index (χ1v) is 7.47. The van der Waals surface area contributed by atoms with Crippen LogP contribution in [0, 0.1) is 0 Å². The van der Waals surface area contributed by atoms with Crippen LogP contribution < -0.4 is 0 Å². The minimum absolute atomic E-state index is 0.0110. The Morgan fingerprint density at radius 1 is 1.33 bits per heavy atom. The van der Waals surface area contributed by atoms with Crippen molar-refractivity contribution < 1.29 is 4.79 Å². The van der Waals surface area contributed by atoms with E-state index in [9.17, 15) is 4.79 Å². The summed E-state index contributed by atoms with van der Waals surface area (Å²) in [7, 11) is 0. The molecular formula is C12H6Br2N2OS. The molecule has 18 heavy (non-hydrogen) atoms. The number of aromatic amines is 1. The number of carbonyl (C=O) groups is 1.